The Labute approximate surface area is 422 Å². The standard InChI is InChI=1S/C10H19NO.C9H14O.C9H16O.C8H14O.C7H14O.C7H12O.C6H12.C5H8/c1-10(2,3)9(12)7-6-8-11(4)5;1-9(2,3)8(10)7-5-4-6-7;1-7(2)6-8(10)9(3,4)5;1-5-6-7(9)8(2,3)4;2*1-5-6(8)7(2,3)4;1-5-6(2,3)4;1-4-5(2)3/h6-7H,8H2,1-5H3;5H,4,6H2,1-3H3;6H,1-5H3;5-6H,1-4H3;5H2,1-4H3;5H,1H2,2-4H3;5H,1H2,2-4H3;1,5H,2-3H3/b7-6+;;;6-5+;;;;. The maximum atomic E-state index is 11.4. The number of hydrogen-bond acceptors (Lipinski definition) is 7. The summed E-state index contributed by atoms with van der Waals surface area (Å²) in [6.45, 7) is 60.4. The summed E-state index contributed by atoms with van der Waals surface area (Å²) in [5.74, 6) is 4.26. The minimum Gasteiger partial charge on any atom is -0.306 e. The quantitative estimate of drug-likeness (QED) is 0.136. The van der Waals surface area contributed by atoms with Gasteiger partial charge in [0.25, 0.3) is 0 Å². The predicted molar refractivity (Wildman–Crippen MR) is 300 cm³/mol. The Morgan fingerprint density at radius 3 is 1.09 bits per heavy atom. The van der Waals surface area contributed by atoms with E-state index in [1.54, 1.807) is 24.3 Å². The monoisotopic (exact) mass is 952 g/mol. The van der Waals surface area contributed by atoms with E-state index in [1.165, 1.54) is 6.08 Å². The predicted octanol–water partition coefficient (Wildman–Crippen LogP) is 16.1. The number of hydrogen-bond donors (Lipinski definition) is 0. The summed E-state index contributed by atoms with van der Waals surface area (Å²) < 4.78 is 0. The minimum absolute atomic E-state index is 0.0949. The molecule has 0 fully saturated rings. The number of ketones is 6. The first-order valence-electron chi connectivity index (χ1n) is 24.2. The molecule has 394 valence electrons. The van der Waals surface area contributed by atoms with Crippen LogP contribution in [0.4, 0.5) is 0 Å². The van der Waals surface area contributed by atoms with E-state index in [9.17, 15) is 28.8 Å². The van der Waals surface area contributed by atoms with Crippen LogP contribution in [0, 0.1) is 56.2 Å². The highest BCUT2D eigenvalue weighted by atomic mass is 16.1. The number of terminal acetylenes is 1. The maximum absolute atomic E-state index is 11.4. The molecule has 0 atom stereocenters. The van der Waals surface area contributed by atoms with Gasteiger partial charge in [-0.1, -0.05) is 203 Å². The average Bonchev–Trinajstić information content (AvgIpc) is 3.12. The zero-order chi connectivity index (χ0) is 56.5. The van der Waals surface area contributed by atoms with Crippen LogP contribution < -0.4 is 0 Å². The summed E-state index contributed by atoms with van der Waals surface area (Å²) in [5.41, 5.74) is 1.17. The molecule has 0 aliphatic heterocycles. The van der Waals surface area contributed by atoms with E-state index in [-0.39, 0.29) is 55.6 Å². The van der Waals surface area contributed by atoms with Crippen LogP contribution in [-0.2, 0) is 28.8 Å². The van der Waals surface area contributed by atoms with E-state index in [4.69, 9.17) is 6.42 Å². The molecule has 0 saturated carbocycles. The Morgan fingerprint density at radius 2 is 0.985 bits per heavy atom. The Kier molecular flexibility index (Phi) is 42.4. The molecular weight excluding hydrogens is 843 g/mol. The molecule has 0 unspecified atom stereocenters. The lowest BCUT2D eigenvalue weighted by atomic mass is 9.81. The third-order valence-corrected chi connectivity index (χ3v) is 8.50. The van der Waals surface area contributed by atoms with Crippen molar-refractivity contribution in [1.82, 2.24) is 4.90 Å². The number of allylic oxidation sites excluding steroid dienone is 9. The van der Waals surface area contributed by atoms with Crippen LogP contribution in [0.1, 0.15) is 206 Å². The van der Waals surface area contributed by atoms with Gasteiger partial charge in [-0.15, -0.1) is 18.9 Å². The van der Waals surface area contributed by atoms with Crippen molar-refractivity contribution in [2.24, 2.45) is 43.8 Å². The van der Waals surface area contributed by atoms with Crippen LogP contribution >= 0.6 is 0 Å². The smallest absolute Gasteiger partial charge is 0.163 e. The molecule has 0 spiro atoms. The van der Waals surface area contributed by atoms with Crippen LogP contribution in [0.25, 0.3) is 0 Å². The second-order valence-corrected chi connectivity index (χ2v) is 24.8. The van der Waals surface area contributed by atoms with Crippen LogP contribution in [0.2, 0.25) is 0 Å². The van der Waals surface area contributed by atoms with Crippen molar-refractivity contribution in [3.8, 4) is 12.3 Å². The van der Waals surface area contributed by atoms with Crippen molar-refractivity contribution in [3.05, 3.63) is 72.9 Å². The molecule has 0 radical (unpaired) electrons. The SMILES string of the molecule is C#CC(C)C.C/C=C/C(=O)C(C)(C)C.C=CC(=O)C(C)(C)C.C=CC(C)(C)C.CC(C)(C)C(=O)C1=CCC1.CC(C)=CC(=O)C(C)(C)C.CCC(=O)C(C)(C)C.CN(C)C/C=C/C(=O)C(C)(C)C. The molecule has 68 heavy (non-hydrogen) atoms. The normalized spacial score (nSPS) is 12.3. The third-order valence-electron chi connectivity index (χ3n) is 8.50. The third kappa shape index (κ3) is 56.3. The summed E-state index contributed by atoms with van der Waals surface area (Å²) in [6.07, 6.45) is 21.6. The summed E-state index contributed by atoms with van der Waals surface area (Å²) >= 11 is 0. The van der Waals surface area contributed by atoms with Gasteiger partial charge in [0.1, 0.15) is 5.78 Å². The van der Waals surface area contributed by atoms with Gasteiger partial charge in [0.15, 0.2) is 28.9 Å². The first-order valence-corrected chi connectivity index (χ1v) is 24.2. The molecule has 0 heterocycles. The van der Waals surface area contributed by atoms with Crippen molar-refractivity contribution in [1.29, 1.82) is 0 Å². The lowest BCUT2D eigenvalue weighted by Crippen LogP contribution is -2.24. The molecule has 0 amide bonds. The van der Waals surface area contributed by atoms with E-state index in [2.05, 4.69) is 39.8 Å². The Morgan fingerprint density at radius 1 is 0.647 bits per heavy atom. The largest absolute Gasteiger partial charge is 0.306 e. The van der Waals surface area contributed by atoms with E-state index < -0.39 is 0 Å². The zero-order valence-corrected chi connectivity index (χ0v) is 49.9. The van der Waals surface area contributed by atoms with E-state index in [0.29, 0.717) is 29.3 Å². The van der Waals surface area contributed by atoms with Gasteiger partial charge < -0.3 is 4.90 Å². The van der Waals surface area contributed by atoms with E-state index in [0.717, 1.165) is 30.5 Å². The van der Waals surface area contributed by atoms with Gasteiger partial charge in [-0.05, 0) is 83.0 Å². The fourth-order valence-electron chi connectivity index (χ4n) is 3.31. The molecule has 7 heteroatoms. The highest BCUT2D eigenvalue weighted by Crippen LogP contribution is 2.28. The van der Waals surface area contributed by atoms with E-state index >= 15 is 0 Å². The van der Waals surface area contributed by atoms with Gasteiger partial charge in [-0.3, -0.25) is 28.8 Å². The lowest BCUT2D eigenvalue weighted by molar-refractivity contribution is -0.126. The summed E-state index contributed by atoms with van der Waals surface area (Å²) in [6, 6.07) is 0. The Hall–Kier alpha value is -4.02. The minimum atomic E-state index is -0.248. The zero-order valence-electron chi connectivity index (χ0n) is 49.9. The molecule has 0 aromatic rings. The molecule has 0 aromatic heterocycles. The fraction of sp³-hybridized carbons (Fsp3) is 0.672. The summed E-state index contributed by atoms with van der Waals surface area (Å²) in [7, 11) is 3.96. The Balaban J connectivity index is -0.000000127. The molecule has 1 aliphatic carbocycles. The van der Waals surface area contributed by atoms with Gasteiger partial charge in [0.2, 0.25) is 0 Å². The van der Waals surface area contributed by atoms with Gasteiger partial charge in [-0.25, -0.2) is 0 Å². The number of nitrogens with zero attached hydrogens (tertiary/aromatic N) is 1. The van der Waals surface area contributed by atoms with Gasteiger partial charge in [-0.2, -0.15) is 0 Å². The number of carbonyl (C=O) groups excluding carboxylic acids is 6. The topological polar surface area (TPSA) is 106 Å². The van der Waals surface area contributed by atoms with Gasteiger partial charge in [0.05, 0.1) is 0 Å². The van der Waals surface area contributed by atoms with Crippen LogP contribution in [0.5, 0.6) is 0 Å². The molecule has 0 N–H and O–H groups in total. The second-order valence-electron chi connectivity index (χ2n) is 24.8. The van der Waals surface area contributed by atoms with Gasteiger partial charge >= 0.3 is 0 Å². The molecule has 1 rings (SSSR count). The average molecular weight is 953 g/mol. The maximum Gasteiger partial charge on any atom is 0.163 e. The van der Waals surface area contributed by atoms with Crippen molar-refractivity contribution in [2.75, 3.05) is 20.6 Å². The molecular formula is C61H109NO6. The highest BCUT2D eigenvalue weighted by Gasteiger charge is 2.26. The molecule has 7 nitrogen and oxygen atoms in total. The number of carbonyl (C=O) groups is 6. The van der Waals surface area contributed by atoms with Crippen molar-refractivity contribution >= 4 is 34.7 Å². The fourth-order valence-corrected chi connectivity index (χ4v) is 3.31. The van der Waals surface area contributed by atoms with Crippen molar-refractivity contribution in [3.63, 3.8) is 0 Å². The number of likely N-dealkylation sites (N-methyl/N-ethyl adjacent to an activating group) is 1. The van der Waals surface area contributed by atoms with Gasteiger partial charge in [0, 0.05) is 51.4 Å². The summed E-state index contributed by atoms with van der Waals surface area (Å²) in [5, 5.41) is 0. The molecule has 0 aromatic carbocycles. The molecule has 0 saturated heterocycles. The molecule has 1 aliphatic rings. The van der Waals surface area contributed by atoms with Crippen LogP contribution in [0.15, 0.2) is 72.9 Å². The van der Waals surface area contributed by atoms with Crippen molar-refractivity contribution in [2.45, 2.75) is 206 Å². The molecule has 0 bridgehead atoms. The first-order chi connectivity index (χ1) is 30.0. The van der Waals surface area contributed by atoms with E-state index in [1.807, 2.05) is 203 Å². The number of rotatable bonds is 8. The number of Topliss-reactive ketones (excluding diaryl/α,β-unsaturated/α-hetero) is 2. The Bertz CT molecular complexity index is 1660. The summed E-state index contributed by atoms with van der Waals surface area (Å²) in [4.78, 5) is 68.5. The van der Waals surface area contributed by atoms with Crippen LogP contribution in [-0.4, -0.2) is 60.2 Å². The second kappa shape index (κ2) is 36.9. The van der Waals surface area contributed by atoms with Crippen LogP contribution in [0.3, 0.4) is 0 Å². The first kappa shape index (κ1) is 78.2. The van der Waals surface area contributed by atoms with Crippen molar-refractivity contribution < 1.29 is 28.8 Å². The highest BCUT2D eigenvalue weighted by molar-refractivity contribution is 6.00. The lowest BCUT2D eigenvalue weighted by Gasteiger charge is -2.22.